The molecule has 0 radical (unpaired) electrons. The second kappa shape index (κ2) is 5.59. The van der Waals surface area contributed by atoms with Gasteiger partial charge in [-0.1, -0.05) is 18.0 Å². The highest BCUT2D eigenvalue weighted by Gasteiger charge is 2.14. The number of nitrogens with zero attached hydrogens (tertiary/aromatic N) is 1. The maximum Gasteiger partial charge on any atom is 0.271 e. The fraction of sp³-hybridized carbons (Fsp3) is 0.600. The van der Waals surface area contributed by atoms with Gasteiger partial charge in [-0.15, -0.1) is 0 Å². The van der Waals surface area contributed by atoms with Crippen LogP contribution in [-0.2, 0) is 0 Å². The van der Waals surface area contributed by atoms with Gasteiger partial charge in [-0.25, -0.2) is 4.98 Å². The van der Waals surface area contributed by atoms with Crippen LogP contribution in [0.4, 0.5) is 5.82 Å². The zero-order valence-corrected chi connectivity index (χ0v) is 10.4. The van der Waals surface area contributed by atoms with E-state index in [9.17, 15) is 4.79 Å². The fourth-order valence-corrected chi connectivity index (χ4v) is 3.09. The summed E-state index contributed by atoms with van der Waals surface area (Å²) in [5, 5.41) is 3.88. The molecule has 1 aromatic heterocycles. The number of thioether (sulfide) groups is 1. The molecule has 88 valence electrons. The van der Waals surface area contributed by atoms with Crippen LogP contribution in [0.3, 0.4) is 0 Å². The summed E-state index contributed by atoms with van der Waals surface area (Å²) < 4.78 is 0. The molecule has 16 heavy (non-hydrogen) atoms. The van der Waals surface area contributed by atoms with Crippen molar-refractivity contribution in [1.82, 2.24) is 9.97 Å². The van der Waals surface area contributed by atoms with Crippen LogP contribution in [0.2, 0.25) is 5.02 Å². The Morgan fingerprint density at radius 1 is 1.62 bits per heavy atom. The Morgan fingerprint density at radius 2 is 2.50 bits per heavy atom. The Balaban J connectivity index is 1.93. The molecule has 4 nitrogen and oxygen atoms in total. The normalized spacial score (nSPS) is 20.7. The second-order valence-electron chi connectivity index (χ2n) is 3.76. The van der Waals surface area contributed by atoms with E-state index in [-0.39, 0.29) is 10.6 Å². The lowest BCUT2D eigenvalue weighted by Gasteiger charge is -2.21. The molecular weight excluding hydrogens is 246 g/mol. The molecule has 1 atom stereocenters. The van der Waals surface area contributed by atoms with Gasteiger partial charge in [0.15, 0.2) is 5.82 Å². The lowest BCUT2D eigenvalue weighted by Crippen LogP contribution is -2.22. The van der Waals surface area contributed by atoms with Crippen LogP contribution in [0.5, 0.6) is 0 Å². The van der Waals surface area contributed by atoms with Gasteiger partial charge in [-0.3, -0.25) is 4.79 Å². The number of anilines is 1. The van der Waals surface area contributed by atoms with Crippen molar-refractivity contribution in [1.29, 1.82) is 0 Å². The highest BCUT2D eigenvalue weighted by Crippen LogP contribution is 2.25. The van der Waals surface area contributed by atoms with Gasteiger partial charge in [0.2, 0.25) is 0 Å². The van der Waals surface area contributed by atoms with E-state index in [1.54, 1.807) is 0 Å². The molecule has 2 heterocycles. The second-order valence-corrected chi connectivity index (χ2v) is 5.55. The first-order valence-electron chi connectivity index (χ1n) is 5.36. The minimum Gasteiger partial charge on any atom is -0.368 e. The van der Waals surface area contributed by atoms with E-state index in [0.717, 1.165) is 6.54 Å². The summed E-state index contributed by atoms with van der Waals surface area (Å²) in [5.74, 6) is 1.71. The van der Waals surface area contributed by atoms with E-state index < -0.39 is 0 Å². The van der Waals surface area contributed by atoms with Gasteiger partial charge in [-0.2, -0.15) is 11.8 Å². The van der Waals surface area contributed by atoms with Gasteiger partial charge in [0.05, 0.1) is 6.33 Å². The maximum atomic E-state index is 11.2. The Morgan fingerprint density at radius 3 is 3.25 bits per heavy atom. The van der Waals surface area contributed by atoms with Crippen LogP contribution in [0.15, 0.2) is 11.1 Å². The molecule has 0 aromatic carbocycles. The zero-order chi connectivity index (χ0) is 11.4. The summed E-state index contributed by atoms with van der Waals surface area (Å²) in [5.41, 5.74) is -0.296. The molecule has 0 aliphatic carbocycles. The molecule has 0 bridgehead atoms. The molecule has 1 aromatic rings. The lowest BCUT2D eigenvalue weighted by atomic mass is 10.2. The lowest BCUT2D eigenvalue weighted by molar-refractivity contribution is 0.677. The average Bonchev–Trinajstić information content (AvgIpc) is 2.32. The van der Waals surface area contributed by atoms with Crippen LogP contribution in [0.25, 0.3) is 0 Å². The number of hydrogen-bond acceptors (Lipinski definition) is 4. The van der Waals surface area contributed by atoms with Crippen LogP contribution in [0, 0.1) is 0 Å². The van der Waals surface area contributed by atoms with Crippen molar-refractivity contribution >= 4 is 29.2 Å². The van der Waals surface area contributed by atoms with Gasteiger partial charge in [-0.05, 0) is 18.6 Å². The van der Waals surface area contributed by atoms with E-state index in [1.165, 1.54) is 31.3 Å². The third-order valence-electron chi connectivity index (χ3n) is 2.57. The molecule has 6 heteroatoms. The summed E-state index contributed by atoms with van der Waals surface area (Å²) >= 11 is 7.81. The van der Waals surface area contributed by atoms with Crippen molar-refractivity contribution in [2.45, 2.75) is 24.5 Å². The van der Waals surface area contributed by atoms with Gasteiger partial charge < -0.3 is 10.3 Å². The quantitative estimate of drug-likeness (QED) is 0.873. The minimum atomic E-state index is -0.296. The molecule has 0 spiro atoms. The third kappa shape index (κ3) is 2.92. The molecular formula is C10H14ClN3OS. The van der Waals surface area contributed by atoms with E-state index in [0.29, 0.717) is 11.1 Å². The highest BCUT2D eigenvalue weighted by atomic mass is 35.5. The summed E-state index contributed by atoms with van der Waals surface area (Å²) in [7, 11) is 0. The summed E-state index contributed by atoms with van der Waals surface area (Å²) in [6.07, 6.45) is 5.18. The van der Waals surface area contributed by atoms with E-state index >= 15 is 0 Å². The number of halogens is 1. The molecule has 1 fully saturated rings. The van der Waals surface area contributed by atoms with Crippen LogP contribution < -0.4 is 10.9 Å². The molecule has 1 unspecified atom stereocenters. The zero-order valence-electron chi connectivity index (χ0n) is 8.83. The monoisotopic (exact) mass is 259 g/mol. The van der Waals surface area contributed by atoms with Crippen LogP contribution in [0.1, 0.15) is 19.3 Å². The molecule has 1 aliphatic heterocycles. The van der Waals surface area contributed by atoms with E-state index in [1.807, 2.05) is 11.8 Å². The summed E-state index contributed by atoms with van der Waals surface area (Å²) in [6, 6.07) is 0. The highest BCUT2D eigenvalue weighted by molar-refractivity contribution is 7.99. The number of aromatic nitrogens is 2. The number of nitrogens with one attached hydrogen (secondary N) is 2. The Hall–Kier alpha value is -0.680. The molecule has 2 N–H and O–H groups in total. The first-order valence-corrected chi connectivity index (χ1v) is 6.78. The van der Waals surface area contributed by atoms with Crippen molar-refractivity contribution in [3.63, 3.8) is 0 Å². The first-order chi connectivity index (χ1) is 7.77. The number of hydrogen-bond donors (Lipinski definition) is 2. The van der Waals surface area contributed by atoms with Gasteiger partial charge >= 0.3 is 0 Å². The Bertz CT molecular complexity index is 403. The topological polar surface area (TPSA) is 57.8 Å². The van der Waals surface area contributed by atoms with Crippen molar-refractivity contribution in [2.75, 3.05) is 17.6 Å². The van der Waals surface area contributed by atoms with Crippen molar-refractivity contribution < 1.29 is 0 Å². The SMILES string of the molecule is O=c1[nH]cnc(NCC2CCCCS2)c1Cl. The van der Waals surface area contributed by atoms with E-state index in [2.05, 4.69) is 15.3 Å². The Kier molecular flexibility index (Phi) is 4.12. The average molecular weight is 260 g/mol. The molecule has 1 aliphatic rings. The Labute approximate surface area is 103 Å². The van der Waals surface area contributed by atoms with E-state index in [4.69, 9.17) is 11.6 Å². The van der Waals surface area contributed by atoms with Gasteiger partial charge in [0, 0.05) is 11.8 Å². The molecule has 1 saturated heterocycles. The van der Waals surface area contributed by atoms with Crippen molar-refractivity contribution in [3.8, 4) is 0 Å². The first kappa shape index (κ1) is 11.8. The van der Waals surface area contributed by atoms with Gasteiger partial charge in [0.1, 0.15) is 5.02 Å². The predicted molar refractivity (Wildman–Crippen MR) is 68.5 cm³/mol. The largest absolute Gasteiger partial charge is 0.368 e. The molecule has 2 rings (SSSR count). The number of aromatic amines is 1. The fourth-order valence-electron chi connectivity index (χ4n) is 1.69. The van der Waals surface area contributed by atoms with Crippen molar-refractivity contribution in [3.05, 3.63) is 21.7 Å². The van der Waals surface area contributed by atoms with Crippen LogP contribution in [-0.4, -0.2) is 27.5 Å². The standard InChI is InChI=1S/C10H14ClN3OS/c11-8-9(13-6-14-10(8)15)12-5-7-3-1-2-4-16-7/h6-7H,1-5H2,(H2,12,13,14,15). The predicted octanol–water partition coefficient (Wildman–Crippen LogP) is 2.12. The maximum absolute atomic E-state index is 11.2. The molecule has 0 amide bonds. The summed E-state index contributed by atoms with van der Waals surface area (Å²) in [6.45, 7) is 0.820. The smallest absolute Gasteiger partial charge is 0.271 e. The number of H-pyrrole nitrogens is 1. The summed E-state index contributed by atoms with van der Waals surface area (Å²) in [4.78, 5) is 17.7. The minimum absolute atomic E-state index is 0.142. The van der Waals surface area contributed by atoms with Crippen LogP contribution >= 0.6 is 23.4 Å². The third-order valence-corrected chi connectivity index (χ3v) is 4.32. The van der Waals surface area contributed by atoms with Crippen molar-refractivity contribution in [2.24, 2.45) is 0 Å². The molecule has 0 saturated carbocycles. The number of rotatable bonds is 3. The van der Waals surface area contributed by atoms with Gasteiger partial charge in [0.25, 0.3) is 5.56 Å².